The van der Waals surface area contributed by atoms with Crippen LogP contribution < -0.4 is 10.2 Å². The number of amides is 2. The zero-order valence-electron chi connectivity index (χ0n) is 11.8. The molecule has 3 rings (SSSR count). The lowest BCUT2D eigenvalue weighted by Crippen LogP contribution is -2.39. The lowest BCUT2D eigenvalue weighted by atomic mass is 10.2. The van der Waals surface area contributed by atoms with Crippen LogP contribution in [0, 0.1) is 0 Å². The van der Waals surface area contributed by atoms with E-state index in [-0.39, 0.29) is 18.2 Å². The Morgan fingerprint density at radius 3 is 3.00 bits per heavy atom. The van der Waals surface area contributed by atoms with E-state index >= 15 is 0 Å². The third kappa shape index (κ3) is 3.03. The first kappa shape index (κ1) is 14.7. The third-order valence-electron chi connectivity index (χ3n) is 3.55. The molecule has 2 N–H and O–H groups in total. The van der Waals surface area contributed by atoms with E-state index in [1.165, 1.54) is 4.90 Å². The van der Waals surface area contributed by atoms with Crippen LogP contribution in [-0.4, -0.2) is 34.4 Å². The standard InChI is InChI=1S/C15H15ClN4O2/c16-10-2-1-3-12(6-10)20-14(21)7-13(15(20)22)18-5-4-11-8-17-9-19-11/h1-3,6,8-9,13,18H,4-5,7H2,(H,17,19)/t13-/m1/s1. The zero-order chi connectivity index (χ0) is 15.5. The lowest BCUT2D eigenvalue weighted by Gasteiger charge is -2.15. The number of imide groups is 1. The highest BCUT2D eigenvalue weighted by Gasteiger charge is 2.39. The highest BCUT2D eigenvalue weighted by molar-refractivity contribution is 6.31. The molecule has 2 heterocycles. The molecule has 1 aliphatic heterocycles. The van der Waals surface area contributed by atoms with Gasteiger partial charge in [0.15, 0.2) is 0 Å². The number of carbonyl (C=O) groups is 2. The molecule has 7 heteroatoms. The van der Waals surface area contributed by atoms with Gasteiger partial charge in [-0.1, -0.05) is 17.7 Å². The van der Waals surface area contributed by atoms with Crippen LogP contribution in [0.4, 0.5) is 5.69 Å². The molecular weight excluding hydrogens is 304 g/mol. The van der Waals surface area contributed by atoms with Crippen LogP contribution in [0.25, 0.3) is 0 Å². The summed E-state index contributed by atoms with van der Waals surface area (Å²) in [6, 6.07) is 6.25. The third-order valence-corrected chi connectivity index (χ3v) is 3.79. The number of imidazole rings is 1. The largest absolute Gasteiger partial charge is 0.348 e. The zero-order valence-corrected chi connectivity index (χ0v) is 12.5. The quantitative estimate of drug-likeness (QED) is 0.820. The van der Waals surface area contributed by atoms with Gasteiger partial charge in [0.1, 0.15) is 0 Å². The molecule has 1 aromatic heterocycles. The van der Waals surface area contributed by atoms with E-state index in [1.54, 1.807) is 36.8 Å². The number of hydrogen-bond acceptors (Lipinski definition) is 4. The first-order chi connectivity index (χ1) is 10.6. The van der Waals surface area contributed by atoms with E-state index in [4.69, 9.17) is 11.6 Å². The number of aromatic amines is 1. The van der Waals surface area contributed by atoms with Gasteiger partial charge in [0.05, 0.1) is 24.5 Å². The maximum atomic E-state index is 12.4. The Labute approximate surface area is 132 Å². The van der Waals surface area contributed by atoms with Crippen molar-refractivity contribution in [2.75, 3.05) is 11.4 Å². The summed E-state index contributed by atoms with van der Waals surface area (Å²) in [5.74, 6) is -0.455. The number of anilines is 1. The Hall–Kier alpha value is -2.18. The summed E-state index contributed by atoms with van der Waals surface area (Å²) in [6.07, 6.45) is 4.23. The fourth-order valence-corrected chi connectivity index (χ4v) is 2.66. The smallest absolute Gasteiger partial charge is 0.251 e. The molecule has 0 unspecified atom stereocenters. The monoisotopic (exact) mass is 318 g/mol. The van der Waals surface area contributed by atoms with Crippen LogP contribution in [0.5, 0.6) is 0 Å². The molecule has 2 amide bonds. The molecule has 1 saturated heterocycles. The summed E-state index contributed by atoms with van der Waals surface area (Å²) < 4.78 is 0. The van der Waals surface area contributed by atoms with E-state index in [0.717, 1.165) is 12.1 Å². The van der Waals surface area contributed by atoms with Crippen molar-refractivity contribution in [1.29, 1.82) is 0 Å². The second-order valence-corrected chi connectivity index (χ2v) is 5.52. The Morgan fingerprint density at radius 1 is 1.41 bits per heavy atom. The van der Waals surface area contributed by atoms with Crippen LogP contribution in [0.15, 0.2) is 36.8 Å². The molecule has 0 saturated carbocycles. The number of rotatable bonds is 5. The van der Waals surface area contributed by atoms with Gasteiger partial charge in [0.25, 0.3) is 5.91 Å². The predicted molar refractivity (Wildman–Crippen MR) is 82.6 cm³/mol. The fourth-order valence-electron chi connectivity index (χ4n) is 2.48. The predicted octanol–water partition coefficient (Wildman–Crippen LogP) is 1.53. The molecule has 6 nitrogen and oxygen atoms in total. The average molecular weight is 319 g/mol. The maximum Gasteiger partial charge on any atom is 0.251 e. The van der Waals surface area contributed by atoms with E-state index in [1.807, 2.05) is 0 Å². The molecule has 1 aliphatic rings. The number of halogens is 1. The van der Waals surface area contributed by atoms with E-state index in [0.29, 0.717) is 17.3 Å². The number of hydrogen-bond donors (Lipinski definition) is 2. The topological polar surface area (TPSA) is 78.1 Å². The molecule has 0 radical (unpaired) electrons. The molecule has 0 spiro atoms. The number of carbonyl (C=O) groups excluding carboxylic acids is 2. The van der Waals surface area contributed by atoms with Gasteiger partial charge in [0, 0.05) is 29.9 Å². The van der Waals surface area contributed by atoms with Crippen molar-refractivity contribution in [3.8, 4) is 0 Å². The Bertz CT molecular complexity index is 687. The van der Waals surface area contributed by atoms with Crippen molar-refractivity contribution < 1.29 is 9.59 Å². The Kier molecular flexibility index (Phi) is 4.22. The van der Waals surface area contributed by atoms with Gasteiger partial charge in [-0.15, -0.1) is 0 Å². The highest BCUT2D eigenvalue weighted by atomic mass is 35.5. The van der Waals surface area contributed by atoms with Crippen molar-refractivity contribution in [3.05, 3.63) is 47.5 Å². The minimum atomic E-state index is -0.491. The second-order valence-electron chi connectivity index (χ2n) is 5.08. The number of H-pyrrole nitrogens is 1. The van der Waals surface area contributed by atoms with Gasteiger partial charge in [-0.3, -0.25) is 9.59 Å². The van der Waals surface area contributed by atoms with Crippen molar-refractivity contribution in [1.82, 2.24) is 15.3 Å². The number of benzene rings is 1. The number of nitrogens with one attached hydrogen (secondary N) is 2. The van der Waals surface area contributed by atoms with Gasteiger partial charge in [-0.05, 0) is 18.2 Å². The Morgan fingerprint density at radius 2 is 2.27 bits per heavy atom. The normalized spacial score (nSPS) is 18.2. The SMILES string of the molecule is O=C1C[C@@H](NCCc2cnc[nH]2)C(=O)N1c1cccc(Cl)c1. The van der Waals surface area contributed by atoms with Crippen LogP contribution in [0.3, 0.4) is 0 Å². The molecule has 1 aromatic carbocycles. The van der Waals surface area contributed by atoms with E-state index in [2.05, 4.69) is 15.3 Å². The summed E-state index contributed by atoms with van der Waals surface area (Å²) in [4.78, 5) is 32.6. The molecular formula is C15H15ClN4O2. The van der Waals surface area contributed by atoms with E-state index in [9.17, 15) is 9.59 Å². The van der Waals surface area contributed by atoms with Crippen molar-refractivity contribution in [3.63, 3.8) is 0 Å². The first-order valence-electron chi connectivity index (χ1n) is 6.98. The lowest BCUT2D eigenvalue weighted by molar-refractivity contribution is -0.121. The minimum absolute atomic E-state index is 0.161. The summed E-state index contributed by atoms with van der Waals surface area (Å²) in [7, 11) is 0. The molecule has 0 bridgehead atoms. The fraction of sp³-hybridized carbons (Fsp3) is 0.267. The van der Waals surface area contributed by atoms with Gasteiger partial charge in [0.2, 0.25) is 5.91 Å². The van der Waals surface area contributed by atoms with Gasteiger partial charge in [-0.25, -0.2) is 9.88 Å². The van der Waals surface area contributed by atoms with Crippen molar-refractivity contribution in [2.24, 2.45) is 0 Å². The minimum Gasteiger partial charge on any atom is -0.348 e. The summed E-state index contributed by atoms with van der Waals surface area (Å²) >= 11 is 5.92. The first-order valence-corrected chi connectivity index (χ1v) is 7.36. The van der Waals surface area contributed by atoms with Crippen molar-refractivity contribution >= 4 is 29.1 Å². The summed E-state index contributed by atoms with van der Waals surface area (Å²) in [5.41, 5.74) is 1.50. The van der Waals surface area contributed by atoms with Gasteiger partial charge in [-0.2, -0.15) is 0 Å². The summed E-state index contributed by atoms with van der Waals surface area (Å²) in [6.45, 7) is 0.593. The van der Waals surface area contributed by atoms with Gasteiger partial charge >= 0.3 is 0 Å². The average Bonchev–Trinajstić information content (AvgIpc) is 3.08. The summed E-state index contributed by atoms with van der Waals surface area (Å²) in [5, 5.41) is 3.62. The van der Waals surface area contributed by atoms with E-state index < -0.39 is 6.04 Å². The number of nitrogens with zero attached hydrogens (tertiary/aromatic N) is 2. The Balaban J connectivity index is 1.64. The molecule has 114 valence electrons. The molecule has 1 fully saturated rings. The molecule has 2 aromatic rings. The van der Waals surface area contributed by atoms with Crippen molar-refractivity contribution in [2.45, 2.75) is 18.9 Å². The second kappa shape index (κ2) is 6.29. The van der Waals surface area contributed by atoms with Crippen LogP contribution in [-0.2, 0) is 16.0 Å². The highest BCUT2D eigenvalue weighted by Crippen LogP contribution is 2.25. The molecule has 0 aliphatic carbocycles. The molecule has 1 atom stereocenters. The molecule has 22 heavy (non-hydrogen) atoms. The number of aromatic nitrogens is 2. The van der Waals surface area contributed by atoms with Crippen LogP contribution in [0.2, 0.25) is 5.02 Å². The van der Waals surface area contributed by atoms with Crippen LogP contribution in [0.1, 0.15) is 12.1 Å². The van der Waals surface area contributed by atoms with Gasteiger partial charge < -0.3 is 10.3 Å². The van der Waals surface area contributed by atoms with Crippen LogP contribution >= 0.6 is 11.6 Å². The maximum absolute atomic E-state index is 12.4.